The van der Waals surface area contributed by atoms with E-state index in [9.17, 15) is 0 Å². The lowest BCUT2D eigenvalue weighted by Gasteiger charge is -2.16. The van der Waals surface area contributed by atoms with E-state index in [0.29, 0.717) is 17.6 Å². The average molecular weight is 835 g/mol. The zero-order valence-corrected chi connectivity index (χ0v) is 35.0. The van der Waals surface area contributed by atoms with Crippen LogP contribution in [0.4, 0.5) is 0 Å². The van der Waals surface area contributed by atoms with Gasteiger partial charge in [0.15, 0.2) is 11.6 Å². The molecule has 9 aromatic carbocycles. The molecular formula is C57H34N6S. The van der Waals surface area contributed by atoms with Crippen molar-refractivity contribution in [1.29, 1.82) is 0 Å². The summed E-state index contributed by atoms with van der Waals surface area (Å²) in [5, 5.41) is 9.48. The van der Waals surface area contributed by atoms with E-state index < -0.39 is 0 Å². The highest BCUT2D eigenvalue weighted by Gasteiger charge is 2.27. The Balaban J connectivity index is 1.16. The van der Waals surface area contributed by atoms with Crippen molar-refractivity contribution < 1.29 is 0 Å². The maximum absolute atomic E-state index is 5.46. The number of fused-ring (bicyclic) bond motifs is 13. The standard InChI is InChI=1S/C57H34N6S/c1-3-17-35(18-4-1)55-58-56(36-31-32-51-43(33-36)40-23-11-16-30-50(40)64-51)60-57(59-55)63-47-29-15-9-24-41(47)52-48(63)34-49(62-44-26-12-7-21-38(44)39-22-8-13-27-45(39)62)54-53(52)42-25-10-14-28-46(42)61(54)37-19-5-2-6-20-37/h1-34H. The zero-order valence-electron chi connectivity index (χ0n) is 34.2. The van der Waals surface area contributed by atoms with Crippen molar-refractivity contribution in [3.8, 4) is 40.1 Å². The SMILES string of the molecule is c1ccc(-c2nc(-c3ccc4sc5ccccc5c4c3)nc(-n3c4ccccc4c4c5c6ccccc6n(-c6ccccc6)c5c(-n5c6ccccc6c6ccccc65)cc43)n2)cc1. The van der Waals surface area contributed by atoms with E-state index in [4.69, 9.17) is 15.0 Å². The molecule has 5 heterocycles. The molecule has 0 unspecified atom stereocenters. The molecule has 0 atom stereocenters. The van der Waals surface area contributed by atoms with Gasteiger partial charge in [0.25, 0.3) is 0 Å². The van der Waals surface area contributed by atoms with Gasteiger partial charge in [0.1, 0.15) is 0 Å². The highest BCUT2D eigenvalue weighted by atomic mass is 32.1. The Labute approximate surface area is 370 Å². The summed E-state index contributed by atoms with van der Waals surface area (Å²) in [5.74, 6) is 1.80. The zero-order chi connectivity index (χ0) is 41.9. The van der Waals surface area contributed by atoms with Gasteiger partial charge in [0, 0.05) is 69.3 Å². The van der Waals surface area contributed by atoms with Crippen molar-refractivity contribution in [1.82, 2.24) is 28.7 Å². The van der Waals surface area contributed by atoms with Gasteiger partial charge in [-0.25, -0.2) is 4.98 Å². The predicted octanol–water partition coefficient (Wildman–Crippen LogP) is 14.9. The third-order valence-corrected chi connectivity index (χ3v) is 14.0. The van der Waals surface area contributed by atoms with Crippen molar-refractivity contribution in [3.63, 3.8) is 0 Å². The molecule has 0 saturated carbocycles. The fourth-order valence-corrected chi connectivity index (χ4v) is 11.3. The molecule has 0 aliphatic heterocycles. The number of para-hydroxylation sites is 5. The van der Waals surface area contributed by atoms with E-state index in [1.54, 1.807) is 0 Å². The first-order chi connectivity index (χ1) is 31.8. The monoisotopic (exact) mass is 834 g/mol. The van der Waals surface area contributed by atoms with Gasteiger partial charge >= 0.3 is 0 Å². The summed E-state index contributed by atoms with van der Waals surface area (Å²) < 4.78 is 9.68. The van der Waals surface area contributed by atoms with Crippen LogP contribution in [0.2, 0.25) is 0 Å². The van der Waals surface area contributed by atoms with Gasteiger partial charge in [-0.2, -0.15) is 9.97 Å². The molecule has 0 radical (unpaired) electrons. The van der Waals surface area contributed by atoms with E-state index in [-0.39, 0.29) is 0 Å². The first kappa shape index (κ1) is 35.2. The van der Waals surface area contributed by atoms with Crippen molar-refractivity contribution in [2.24, 2.45) is 0 Å². The number of thiophene rings is 1. The molecule has 0 aliphatic rings. The van der Waals surface area contributed by atoms with E-state index in [1.807, 2.05) is 29.5 Å². The van der Waals surface area contributed by atoms with Crippen LogP contribution >= 0.6 is 11.3 Å². The third-order valence-electron chi connectivity index (χ3n) is 12.9. The second-order valence-electron chi connectivity index (χ2n) is 16.4. The van der Waals surface area contributed by atoms with Crippen LogP contribution in [0.5, 0.6) is 0 Å². The molecule has 0 bridgehead atoms. The topological polar surface area (TPSA) is 53.5 Å². The Kier molecular flexibility index (Phi) is 7.46. The molecule has 0 aliphatic carbocycles. The Morgan fingerprint density at radius 1 is 0.328 bits per heavy atom. The molecule has 5 aromatic heterocycles. The Bertz CT molecular complexity index is 4140. The van der Waals surface area contributed by atoms with E-state index >= 15 is 0 Å². The lowest BCUT2D eigenvalue weighted by Crippen LogP contribution is -2.07. The van der Waals surface area contributed by atoms with Crippen LogP contribution < -0.4 is 0 Å². The molecule has 0 amide bonds. The summed E-state index contributed by atoms with van der Waals surface area (Å²) in [6, 6.07) is 73.7. The van der Waals surface area contributed by atoms with Crippen molar-refractivity contribution in [3.05, 3.63) is 206 Å². The van der Waals surface area contributed by atoms with Crippen LogP contribution in [0.3, 0.4) is 0 Å². The highest BCUT2D eigenvalue weighted by Crippen LogP contribution is 2.47. The third kappa shape index (κ3) is 5.04. The minimum atomic E-state index is 0.560. The second-order valence-corrected chi connectivity index (χ2v) is 17.5. The van der Waals surface area contributed by atoms with Gasteiger partial charge in [0.05, 0.1) is 38.8 Å². The Hall–Kier alpha value is -8.39. The fourth-order valence-electron chi connectivity index (χ4n) is 10.2. The molecule has 64 heavy (non-hydrogen) atoms. The van der Waals surface area contributed by atoms with Crippen LogP contribution in [0.15, 0.2) is 206 Å². The Morgan fingerprint density at radius 3 is 1.53 bits per heavy atom. The number of hydrogen-bond acceptors (Lipinski definition) is 4. The summed E-state index contributed by atoms with van der Waals surface area (Å²) in [6.07, 6.45) is 0. The number of nitrogens with zero attached hydrogens (tertiary/aromatic N) is 6. The quantitative estimate of drug-likeness (QED) is 0.174. The molecule has 0 fully saturated rings. The molecular weight excluding hydrogens is 801 g/mol. The Morgan fingerprint density at radius 2 is 0.844 bits per heavy atom. The molecule has 7 heteroatoms. The van der Waals surface area contributed by atoms with E-state index in [1.165, 1.54) is 41.7 Å². The summed E-state index contributed by atoms with van der Waals surface area (Å²) in [6.45, 7) is 0. The van der Waals surface area contributed by atoms with Crippen LogP contribution in [0, 0.1) is 0 Å². The minimum Gasteiger partial charge on any atom is -0.307 e. The molecule has 14 aromatic rings. The summed E-state index contributed by atoms with van der Waals surface area (Å²) in [4.78, 5) is 16.1. The molecule has 0 N–H and O–H groups in total. The normalized spacial score (nSPS) is 12.1. The second kappa shape index (κ2) is 13.6. The minimum absolute atomic E-state index is 0.560. The summed E-state index contributed by atoms with van der Waals surface area (Å²) in [5.41, 5.74) is 10.6. The lowest BCUT2D eigenvalue weighted by molar-refractivity contribution is 0.953. The van der Waals surface area contributed by atoms with Gasteiger partial charge in [-0.3, -0.25) is 4.57 Å². The van der Waals surface area contributed by atoms with Crippen LogP contribution in [0.1, 0.15) is 0 Å². The first-order valence-corrected chi connectivity index (χ1v) is 22.4. The molecule has 298 valence electrons. The van der Waals surface area contributed by atoms with Gasteiger partial charge in [0.2, 0.25) is 5.95 Å². The fraction of sp³-hybridized carbons (Fsp3) is 0. The number of hydrogen-bond donors (Lipinski definition) is 0. The maximum atomic E-state index is 5.46. The first-order valence-electron chi connectivity index (χ1n) is 21.5. The lowest BCUT2D eigenvalue weighted by atomic mass is 10.0. The highest BCUT2D eigenvalue weighted by molar-refractivity contribution is 7.25. The number of benzene rings is 9. The van der Waals surface area contributed by atoms with Crippen LogP contribution in [-0.4, -0.2) is 28.7 Å². The molecule has 0 saturated heterocycles. The van der Waals surface area contributed by atoms with Crippen molar-refractivity contribution >= 4 is 96.9 Å². The van der Waals surface area contributed by atoms with Crippen LogP contribution in [-0.2, 0) is 0 Å². The number of rotatable bonds is 5. The smallest absolute Gasteiger partial charge is 0.238 e. The van der Waals surface area contributed by atoms with E-state index in [2.05, 4.69) is 202 Å². The average Bonchev–Trinajstić information content (AvgIpc) is 4.10. The molecule has 0 spiro atoms. The van der Waals surface area contributed by atoms with Crippen molar-refractivity contribution in [2.75, 3.05) is 0 Å². The van der Waals surface area contributed by atoms with Gasteiger partial charge in [-0.15, -0.1) is 11.3 Å². The summed E-state index contributed by atoms with van der Waals surface area (Å²) >= 11 is 1.81. The largest absolute Gasteiger partial charge is 0.307 e. The number of aromatic nitrogens is 6. The predicted molar refractivity (Wildman–Crippen MR) is 267 cm³/mol. The van der Waals surface area contributed by atoms with E-state index in [0.717, 1.165) is 66.4 Å². The maximum Gasteiger partial charge on any atom is 0.238 e. The van der Waals surface area contributed by atoms with Crippen molar-refractivity contribution in [2.45, 2.75) is 0 Å². The van der Waals surface area contributed by atoms with Crippen LogP contribution in [0.25, 0.3) is 126 Å². The molecule has 6 nitrogen and oxygen atoms in total. The van der Waals surface area contributed by atoms with Gasteiger partial charge < -0.3 is 9.13 Å². The molecule has 14 rings (SSSR count). The van der Waals surface area contributed by atoms with Gasteiger partial charge in [-0.1, -0.05) is 140 Å². The summed E-state index contributed by atoms with van der Waals surface area (Å²) in [7, 11) is 0. The van der Waals surface area contributed by atoms with Gasteiger partial charge in [-0.05, 0) is 66.7 Å².